The van der Waals surface area contributed by atoms with Crippen LogP contribution in [0, 0.1) is 0 Å². The SMILES string of the molecule is CC(C)(CNC(=O)c1ccccc1C(=O)c1cccs1)N1CCOCC1. The number of benzene rings is 1. The van der Waals surface area contributed by atoms with Crippen molar-refractivity contribution in [2.45, 2.75) is 19.4 Å². The minimum Gasteiger partial charge on any atom is -0.379 e. The highest BCUT2D eigenvalue weighted by Crippen LogP contribution is 2.19. The molecule has 1 saturated heterocycles. The van der Waals surface area contributed by atoms with Crippen molar-refractivity contribution in [1.29, 1.82) is 0 Å². The van der Waals surface area contributed by atoms with E-state index in [1.807, 2.05) is 11.4 Å². The van der Waals surface area contributed by atoms with Gasteiger partial charge in [-0.15, -0.1) is 11.3 Å². The van der Waals surface area contributed by atoms with Crippen molar-refractivity contribution >= 4 is 23.0 Å². The lowest BCUT2D eigenvalue weighted by Gasteiger charge is -2.40. The second-order valence-electron chi connectivity index (χ2n) is 6.95. The summed E-state index contributed by atoms with van der Waals surface area (Å²) in [7, 11) is 0. The summed E-state index contributed by atoms with van der Waals surface area (Å²) >= 11 is 1.38. The lowest BCUT2D eigenvalue weighted by atomic mass is 10.00. The molecular weight excluding hydrogens is 348 g/mol. The first-order chi connectivity index (χ1) is 12.5. The van der Waals surface area contributed by atoms with Gasteiger partial charge >= 0.3 is 0 Å². The van der Waals surface area contributed by atoms with Gasteiger partial charge in [0.25, 0.3) is 5.91 Å². The van der Waals surface area contributed by atoms with Crippen molar-refractivity contribution in [1.82, 2.24) is 10.2 Å². The van der Waals surface area contributed by atoms with Gasteiger partial charge in [0, 0.05) is 30.7 Å². The van der Waals surface area contributed by atoms with E-state index in [4.69, 9.17) is 4.74 Å². The van der Waals surface area contributed by atoms with E-state index in [0.717, 1.165) is 26.3 Å². The zero-order valence-electron chi connectivity index (χ0n) is 15.2. The molecule has 0 radical (unpaired) electrons. The molecule has 138 valence electrons. The fourth-order valence-electron chi connectivity index (χ4n) is 3.09. The molecule has 0 bridgehead atoms. The van der Waals surface area contributed by atoms with Gasteiger partial charge in [-0.05, 0) is 31.4 Å². The van der Waals surface area contributed by atoms with E-state index in [9.17, 15) is 9.59 Å². The Morgan fingerprint density at radius 3 is 2.46 bits per heavy atom. The summed E-state index contributed by atoms with van der Waals surface area (Å²) < 4.78 is 5.40. The van der Waals surface area contributed by atoms with E-state index < -0.39 is 0 Å². The smallest absolute Gasteiger partial charge is 0.252 e. The molecule has 1 fully saturated rings. The Morgan fingerprint density at radius 2 is 1.81 bits per heavy atom. The average molecular weight is 372 g/mol. The molecule has 1 aromatic heterocycles. The van der Waals surface area contributed by atoms with Gasteiger partial charge in [0.15, 0.2) is 0 Å². The van der Waals surface area contributed by atoms with Crippen LogP contribution < -0.4 is 5.32 Å². The Morgan fingerprint density at radius 1 is 1.12 bits per heavy atom. The number of nitrogens with zero attached hydrogens (tertiary/aromatic N) is 1. The van der Waals surface area contributed by atoms with Crippen molar-refractivity contribution in [2.75, 3.05) is 32.8 Å². The third kappa shape index (κ3) is 4.20. The zero-order chi connectivity index (χ0) is 18.6. The van der Waals surface area contributed by atoms with E-state index in [0.29, 0.717) is 22.5 Å². The van der Waals surface area contributed by atoms with Crippen LogP contribution >= 0.6 is 11.3 Å². The lowest BCUT2D eigenvalue weighted by Crippen LogP contribution is -2.55. The van der Waals surface area contributed by atoms with Crippen LogP contribution in [0.2, 0.25) is 0 Å². The number of rotatable bonds is 6. The van der Waals surface area contributed by atoms with Crippen LogP contribution in [0.1, 0.15) is 39.4 Å². The first kappa shape index (κ1) is 18.8. The highest BCUT2D eigenvalue weighted by molar-refractivity contribution is 7.12. The van der Waals surface area contributed by atoms with E-state index in [1.165, 1.54) is 11.3 Å². The number of morpholine rings is 1. The molecule has 6 heteroatoms. The zero-order valence-corrected chi connectivity index (χ0v) is 16.0. The predicted octanol–water partition coefficient (Wildman–Crippen LogP) is 2.82. The molecule has 26 heavy (non-hydrogen) atoms. The standard InChI is InChI=1S/C20H24N2O3S/c1-20(2,22-9-11-25-12-10-22)14-21-19(24)16-7-4-3-6-15(16)18(23)17-8-5-13-26-17/h3-8,13H,9-12,14H2,1-2H3,(H,21,24). The summed E-state index contributed by atoms with van der Waals surface area (Å²) in [6.45, 7) is 7.88. The van der Waals surface area contributed by atoms with Gasteiger partial charge < -0.3 is 10.1 Å². The first-order valence-electron chi connectivity index (χ1n) is 8.77. The molecule has 1 aliphatic rings. The van der Waals surface area contributed by atoms with Crippen molar-refractivity contribution in [3.05, 3.63) is 57.8 Å². The number of carbonyl (C=O) groups is 2. The Labute approximate surface area is 158 Å². The molecule has 0 spiro atoms. The number of hydrogen-bond donors (Lipinski definition) is 1. The quantitative estimate of drug-likeness (QED) is 0.792. The van der Waals surface area contributed by atoms with Crippen molar-refractivity contribution in [2.24, 2.45) is 0 Å². The third-order valence-electron chi connectivity index (χ3n) is 4.71. The normalized spacial score (nSPS) is 15.6. The van der Waals surface area contributed by atoms with E-state index in [-0.39, 0.29) is 17.2 Å². The second kappa shape index (κ2) is 8.12. The number of ether oxygens (including phenoxy) is 1. The van der Waals surface area contributed by atoms with E-state index in [2.05, 4.69) is 24.1 Å². The molecule has 5 nitrogen and oxygen atoms in total. The van der Waals surface area contributed by atoms with Crippen LogP contribution in [0.3, 0.4) is 0 Å². The molecule has 0 saturated carbocycles. The first-order valence-corrected chi connectivity index (χ1v) is 9.65. The monoisotopic (exact) mass is 372 g/mol. The Hall–Kier alpha value is -2.02. The fourth-order valence-corrected chi connectivity index (χ4v) is 3.77. The van der Waals surface area contributed by atoms with Crippen LogP contribution in [0.4, 0.5) is 0 Å². The summed E-state index contributed by atoms with van der Waals surface area (Å²) in [5.41, 5.74) is 0.687. The van der Waals surface area contributed by atoms with Crippen molar-refractivity contribution in [3.63, 3.8) is 0 Å². The van der Waals surface area contributed by atoms with Gasteiger partial charge in [0.1, 0.15) is 0 Å². The van der Waals surface area contributed by atoms with Gasteiger partial charge in [-0.3, -0.25) is 14.5 Å². The van der Waals surface area contributed by atoms with Gasteiger partial charge in [0.05, 0.1) is 23.7 Å². The maximum atomic E-state index is 12.8. The van der Waals surface area contributed by atoms with Gasteiger partial charge in [-0.2, -0.15) is 0 Å². The molecule has 2 heterocycles. The highest BCUT2D eigenvalue weighted by Gasteiger charge is 2.29. The minimum atomic E-state index is -0.216. The topological polar surface area (TPSA) is 58.6 Å². The summed E-state index contributed by atoms with van der Waals surface area (Å²) in [4.78, 5) is 28.4. The largest absolute Gasteiger partial charge is 0.379 e. The molecule has 1 amide bonds. The van der Waals surface area contributed by atoms with E-state index in [1.54, 1.807) is 30.3 Å². The van der Waals surface area contributed by atoms with Crippen LogP contribution in [-0.2, 0) is 4.74 Å². The van der Waals surface area contributed by atoms with E-state index >= 15 is 0 Å². The maximum Gasteiger partial charge on any atom is 0.252 e. The molecule has 1 aliphatic heterocycles. The third-order valence-corrected chi connectivity index (χ3v) is 5.58. The second-order valence-corrected chi connectivity index (χ2v) is 7.89. The molecule has 3 rings (SSSR count). The molecule has 0 atom stereocenters. The van der Waals surface area contributed by atoms with Gasteiger partial charge in [-0.1, -0.05) is 24.3 Å². The minimum absolute atomic E-state index is 0.113. The van der Waals surface area contributed by atoms with Crippen LogP contribution in [0.15, 0.2) is 41.8 Å². The maximum absolute atomic E-state index is 12.8. The molecule has 2 aromatic rings. The highest BCUT2D eigenvalue weighted by atomic mass is 32.1. The molecule has 1 aromatic carbocycles. The number of thiophene rings is 1. The van der Waals surface area contributed by atoms with Gasteiger partial charge in [0.2, 0.25) is 5.78 Å². The number of nitrogens with one attached hydrogen (secondary N) is 1. The number of amides is 1. The number of carbonyl (C=O) groups excluding carboxylic acids is 2. The van der Waals surface area contributed by atoms with Crippen LogP contribution in [0.5, 0.6) is 0 Å². The molecular formula is C20H24N2O3S. The molecule has 0 unspecified atom stereocenters. The van der Waals surface area contributed by atoms with Crippen molar-refractivity contribution in [3.8, 4) is 0 Å². The summed E-state index contributed by atoms with van der Waals surface area (Å²) in [5.74, 6) is -0.329. The fraction of sp³-hybridized carbons (Fsp3) is 0.400. The number of hydrogen-bond acceptors (Lipinski definition) is 5. The number of ketones is 1. The van der Waals surface area contributed by atoms with Crippen molar-refractivity contribution < 1.29 is 14.3 Å². The molecule has 1 N–H and O–H groups in total. The summed E-state index contributed by atoms with van der Waals surface area (Å²) in [6.07, 6.45) is 0. The Balaban J connectivity index is 1.71. The van der Waals surface area contributed by atoms with Crippen LogP contribution in [-0.4, -0.2) is 55.0 Å². The predicted molar refractivity (Wildman–Crippen MR) is 103 cm³/mol. The average Bonchev–Trinajstić information content (AvgIpc) is 3.21. The Kier molecular flexibility index (Phi) is 5.86. The Bertz CT molecular complexity index is 765. The lowest BCUT2D eigenvalue weighted by molar-refractivity contribution is -0.00923. The van der Waals surface area contributed by atoms with Gasteiger partial charge in [-0.25, -0.2) is 0 Å². The van der Waals surface area contributed by atoms with Crippen LogP contribution in [0.25, 0.3) is 0 Å². The summed E-state index contributed by atoms with van der Waals surface area (Å²) in [6, 6.07) is 10.6. The molecule has 0 aliphatic carbocycles. The summed E-state index contributed by atoms with van der Waals surface area (Å²) in [5, 5.41) is 4.87.